The Bertz CT molecular complexity index is 521. The number of anilines is 1. The first-order valence-electron chi connectivity index (χ1n) is 6.14. The van der Waals surface area contributed by atoms with Gasteiger partial charge in [-0.2, -0.15) is 5.17 Å². The third-order valence-corrected chi connectivity index (χ3v) is 2.94. The quantitative estimate of drug-likeness (QED) is 0.917. The standard InChI is InChI=1S/C13H17ClN4O2/c1-10(13(19)16(2)3)20-18-8-7-17(15-18)12-6-4-5-11(14)9-12/h4-10,15H,1-3H3. The first-order chi connectivity index (χ1) is 9.47. The highest BCUT2D eigenvalue weighted by molar-refractivity contribution is 6.30. The van der Waals surface area contributed by atoms with Gasteiger partial charge in [0, 0.05) is 25.3 Å². The van der Waals surface area contributed by atoms with Crippen molar-refractivity contribution in [3.05, 3.63) is 41.7 Å². The molecule has 1 aliphatic heterocycles. The Morgan fingerprint density at radius 3 is 2.80 bits per heavy atom. The molecule has 0 fully saturated rings. The maximum absolute atomic E-state index is 11.7. The van der Waals surface area contributed by atoms with E-state index in [0.29, 0.717) is 5.02 Å². The number of hydrogen-bond acceptors (Lipinski definition) is 5. The van der Waals surface area contributed by atoms with Gasteiger partial charge in [0.25, 0.3) is 5.91 Å². The number of nitrogens with one attached hydrogen (secondary N) is 1. The SMILES string of the molecule is CC(ON1C=CN(c2cccc(Cl)c2)N1)C(=O)N(C)C. The Balaban J connectivity index is 1.93. The molecule has 1 aromatic carbocycles. The third-order valence-electron chi connectivity index (χ3n) is 2.70. The van der Waals surface area contributed by atoms with E-state index in [1.807, 2.05) is 18.2 Å². The molecule has 1 amide bonds. The topological polar surface area (TPSA) is 48.1 Å². The van der Waals surface area contributed by atoms with Gasteiger partial charge in [0.05, 0.1) is 11.9 Å². The van der Waals surface area contributed by atoms with E-state index in [2.05, 4.69) is 5.53 Å². The van der Waals surface area contributed by atoms with Crippen molar-refractivity contribution in [2.75, 3.05) is 19.1 Å². The van der Waals surface area contributed by atoms with Crippen molar-refractivity contribution in [3.63, 3.8) is 0 Å². The van der Waals surface area contributed by atoms with Crippen LogP contribution in [0.5, 0.6) is 0 Å². The van der Waals surface area contributed by atoms with Crippen molar-refractivity contribution < 1.29 is 9.63 Å². The summed E-state index contributed by atoms with van der Waals surface area (Å²) in [6.45, 7) is 1.69. The summed E-state index contributed by atoms with van der Waals surface area (Å²) in [4.78, 5) is 18.7. The van der Waals surface area contributed by atoms with Crippen molar-refractivity contribution in [2.24, 2.45) is 0 Å². The molecule has 108 valence electrons. The van der Waals surface area contributed by atoms with Gasteiger partial charge < -0.3 is 4.90 Å². The van der Waals surface area contributed by atoms with Gasteiger partial charge in [-0.05, 0) is 25.1 Å². The summed E-state index contributed by atoms with van der Waals surface area (Å²) in [5.41, 5.74) is 3.83. The highest BCUT2D eigenvalue weighted by Crippen LogP contribution is 2.20. The Morgan fingerprint density at radius 1 is 1.40 bits per heavy atom. The number of rotatable bonds is 4. The van der Waals surface area contributed by atoms with Gasteiger partial charge in [-0.3, -0.25) is 9.80 Å². The molecule has 2 rings (SSSR count). The number of likely N-dealkylation sites (N-methyl/N-ethyl adjacent to an activating group) is 1. The molecule has 0 aromatic heterocycles. The van der Waals surface area contributed by atoms with Crippen molar-refractivity contribution in [3.8, 4) is 0 Å². The first-order valence-corrected chi connectivity index (χ1v) is 6.52. The van der Waals surface area contributed by atoms with Gasteiger partial charge in [-0.25, -0.2) is 4.84 Å². The molecule has 0 saturated heterocycles. The molecule has 1 unspecified atom stereocenters. The maximum atomic E-state index is 11.7. The van der Waals surface area contributed by atoms with E-state index in [-0.39, 0.29) is 5.91 Å². The average molecular weight is 297 g/mol. The van der Waals surface area contributed by atoms with E-state index in [1.165, 1.54) is 10.1 Å². The Morgan fingerprint density at radius 2 is 2.15 bits per heavy atom. The van der Waals surface area contributed by atoms with E-state index in [1.54, 1.807) is 44.5 Å². The van der Waals surface area contributed by atoms with Crippen LogP contribution >= 0.6 is 11.6 Å². The first kappa shape index (κ1) is 14.6. The molecule has 1 heterocycles. The number of amides is 1. The summed E-state index contributed by atoms with van der Waals surface area (Å²) in [6, 6.07) is 7.38. The Kier molecular flexibility index (Phi) is 4.49. The molecule has 20 heavy (non-hydrogen) atoms. The van der Waals surface area contributed by atoms with Crippen LogP contribution in [0.4, 0.5) is 5.69 Å². The minimum absolute atomic E-state index is 0.110. The lowest BCUT2D eigenvalue weighted by Gasteiger charge is -2.25. The molecule has 6 nitrogen and oxygen atoms in total. The summed E-state index contributed by atoms with van der Waals surface area (Å²) in [6.07, 6.45) is 2.88. The van der Waals surface area contributed by atoms with E-state index in [9.17, 15) is 4.79 Å². The van der Waals surface area contributed by atoms with Gasteiger partial charge in [-0.15, -0.1) is 5.53 Å². The molecular weight excluding hydrogens is 280 g/mol. The summed E-state index contributed by atoms with van der Waals surface area (Å²) >= 11 is 5.95. The summed E-state index contributed by atoms with van der Waals surface area (Å²) < 4.78 is 0. The highest BCUT2D eigenvalue weighted by Gasteiger charge is 2.21. The molecule has 0 bridgehead atoms. The van der Waals surface area contributed by atoms with Gasteiger partial charge >= 0.3 is 0 Å². The van der Waals surface area contributed by atoms with E-state index < -0.39 is 6.10 Å². The number of carbonyl (C=O) groups is 1. The molecule has 7 heteroatoms. The number of nitrogens with zero attached hydrogens (tertiary/aromatic N) is 3. The lowest BCUT2D eigenvalue weighted by Crippen LogP contribution is -2.44. The predicted molar refractivity (Wildman–Crippen MR) is 77.3 cm³/mol. The monoisotopic (exact) mass is 296 g/mol. The van der Waals surface area contributed by atoms with Gasteiger partial charge in [0.1, 0.15) is 0 Å². The second-order valence-corrected chi connectivity index (χ2v) is 4.99. The van der Waals surface area contributed by atoms with Crippen molar-refractivity contribution in [1.82, 2.24) is 15.6 Å². The summed E-state index contributed by atoms with van der Waals surface area (Å²) in [5, 5.41) is 3.76. The van der Waals surface area contributed by atoms with Crippen LogP contribution in [0.15, 0.2) is 36.7 Å². The van der Waals surface area contributed by atoms with Crippen LogP contribution in [-0.4, -0.2) is 36.2 Å². The second kappa shape index (κ2) is 6.13. The Labute approximate surface area is 123 Å². The van der Waals surface area contributed by atoms with Crippen LogP contribution in [-0.2, 0) is 9.63 Å². The van der Waals surface area contributed by atoms with Crippen LogP contribution in [0, 0.1) is 0 Å². The highest BCUT2D eigenvalue weighted by atomic mass is 35.5. The minimum atomic E-state index is -0.582. The van der Waals surface area contributed by atoms with Crippen LogP contribution in [0.2, 0.25) is 5.02 Å². The van der Waals surface area contributed by atoms with Crippen molar-refractivity contribution >= 4 is 23.2 Å². The smallest absolute Gasteiger partial charge is 0.253 e. The number of benzene rings is 1. The second-order valence-electron chi connectivity index (χ2n) is 4.55. The number of halogens is 1. The molecule has 1 N–H and O–H groups in total. The van der Waals surface area contributed by atoms with Crippen LogP contribution in [0.1, 0.15) is 6.92 Å². The molecule has 0 aliphatic carbocycles. The van der Waals surface area contributed by atoms with E-state index >= 15 is 0 Å². The van der Waals surface area contributed by atoms with Crippen LogP contribution in [0.25, 0.3) is 0 Å². The fourth-order valence-corrected chi connectivity index (χ4v) is 1.89. The zero-order valence-electron chi connectivity index (χ0n) is 11.6. The number of hydrogen-bond donors (Lipinski definition) is 1. The lowest BCUT2D eigenvalue weighted by atomic mass is 10.3. The van der Waals surface area contributed by atoms with Gasteiger partial charge in [0.15, 0.2) is 6.10 Å². The predicted octanol–water partition coefficient (Wildman–Crippen LogP) is 1.76. The number of carbonyl (C=O) groups excluding carboxylic acids is 1. The Hall–Kier alpha value is -1.76. The minimum Gasteiger partial charge on any atom is -0.346 e. The molecule has 0 saturated carbocycles. The fourth-order valence-electron chi connectivity index (χ4n) is 1.71. The zero-order chi connectivity index (χ0) is 14.7. The number of hydroxylamine groups is 1. The van der Waals surface area contributed by atoms with E-state index in [4.69, 9.17) is 16.4 Å². The number of hydrazine groups is 2. The van der Waals surface area contributed by atoms with Crippen molar-refractivity contribution in [1.29, 1.82) is 0 Å². The van der Waals surface area contributed by atoms with Crippen LogP contribution in [0.3, 0.4) is 0 Å². The van der Waals surface area contributed by atoms with Crippen LogP contribution < -0.4 is 10.5 Å². The van der Waals surface area contributed by atoms with E-state index in [0.717, 1.165) is 5.69 Å². The molecule has 1 atom stereocenters. The average Bonchev–Trinajstić information content (AvgIpc) is 2.86. The maximum Gasteiger partial charge on any atom is 0.253 e. The van der Waals surface area contributed by atoms with Gasteiger partial charge in [0.2, 0.25) is 0 Å². The molecule has 0 spiro atoms. The van der Waals surface area contributed by atoms with Gasteiger partial charge in [-0.1, -0.05) is 17.7 Å². The fraction of sp³-hybridized carbons (Fsp3) is 0.308. The molecule has 0 radical (unpaired) electrons. The summed E-state index contributed by atoms with van der Waals surface area (Å²) in [7, 11) is 3.38. The zero-order valence-corrected chi connectivity index (χ0v) is 12.3. The normalized spacial score (nSPS) is 15.6. The lowest BCUT2D eigenvalue weighted by molar-refractivity contribution is -0.195. The largest absolute Gasteiger partial charge is 0.346 e. The molecular formula is C13H17ClN4O2. The van der Waals surface area contributed by atoms with Crippen molar-refractivity contribution in [2.45, 2.75) is 13.0 Å². The summed E-state index contributed by atoms with van der Waals surface area (Å²) in [5.74, 6) is -0.110. The molecule has 1 aromatic rings. The third kappa shape index (κ3) is 3.41. The molecule has 1 aliphatic rings.